The van der Waals surface area contributed by atoms with Gasteiger partial charge in [0.2, 0.25) is 0 Å². The molecule has 0 N–H and O–H groups in total. The first kappa shape index (κ1) is 56.4. The van der Waals surface area contributed by atoms with Gasteiger partial charge in [0.1, 0.15) is 66.0 Å². The molecule has 0 unspecified atom stereocenters. The molecule has 4 heterocycles. The predicted molar refractivity (Wildman–Crippen MR) is 310 cm³/mol. The van der Waals surface area contributed by atoms with E-state index in [0.29, 0.717) is 95.3 Å². The van der Waals surface area contributed by atoms with Crippen molar-refractivity contribution in [2.45, 2.75) is 47.3 Å². The normalized spacial score (nSPS) is 14.6. The molecule has 2 aliphatic carbocycles. The molecule has 3 aromatic heterocycles. The molecule has 0 fully saturated rings. The van der Waals surface area contributed by atoms with Gasteiger partial charge in [-0.3, -0.25) is 19.8 Å². The molecule has 82 heavy (non-hydrogen) atoms. The van der Waals surface area contributed by atoms with Crippen LogP contribution in [0, 0.1) is 0 Å². The van der Waals surface area contributed by atoms with E-state index in [1.165, 1.54) is 0 Å². The topological polar surface area (TPSA) is 187 Å². The molecule has 4 aromatic carbocycles. The molecular weight excluding hydrogens is 1030 g/mol. The monoisotopic (exact) mass is 1100 g/mol. The zero-order valence-electron chi connectivity index (χ0n) is 47.1. The third-order valence-corrected chi connectivity index (χ3v) is 13.6. The average Bonchev–Trinajstić information content (AvgIpc) is 4.42. The molecule has 3 aliphatic rings. The third kappa shape index (κ3) is 13.2. The molecule has 416 valence electrons. The Bertz CT molecular complexity index is 3790. The lowest BCUT2D eigenvalue weighted by Gasteiger charge is -2.25. The highest BCUT2D eigenvalue weighted by Gasteiger charge is 2.23. The van der Waals surface area contributed by atoms with E-state index in [-0.39, 0.29) is 23.6 Å². The number of carbonyl (C=O) groups is 1. The van der Waals surface area contributed by atoms with Crippen LogP contribution in [0.4, 0.5) is 11.4 Å². The smallest absolute Gasteiger partial charge is 0.360 e. The van der Waals surface area contributed by atoms with Crippen LogP contribution in [0.2, 0.25) is 0 Å². The van der Waals surface area contributed by atoms with E-state index in [2.05, 4.69) is 44.2 Å². The highest BCUT2D eigenvalue weighted by Crippen LogP contribution is 2.30. The fraction of sp³-hybridized carbons (Fsp3) is 0.188. The third-order valence-electron chi connectivity index (χ3n) is 13.6. The van der Waals surface area contributed by atoms with Gasteiger partial charge in [-0.25, -0.2) is 32.4 Å². The van der Waals surface area contributed by atoms with Gasteiger partial charge in [-0.1, -0.05) is 54.6 Å². The molecule has 18 heteroatoms. The molecular formula is C64H64N12O6. The second-order valence-electron chi connectivity index (χ2n) is 19.1. The number of benzene rings is 4. The Labute approximate surface area is 476 Å². The number of hydrogen-bond acceptors (Lipinski definition) is 11. The van der Waals surface area contributed by atoms with Gasteiger partial charge in [-0.05, 0) is 134 Å². The number of ether oxygens (including phenoxy) is 2. The molecule has 0 atom stereocenters. The summed E-state index contributed by atoms with van der Waals surface area (Å²) in [6, 6.07) is 29.6. The van der Waals surface area contributed by atoms with Crippen molar-refractivity contribution in [2.75, 3.05) is 13.6 Å². The standard InChI is InChI=1S/C32H32N6O4.C32H32N6O2/c1-5-37-20-18-35(3)31(37)29(39)33-23-10-14-25(15-11-23)41-27-8-7-9-28(22-27)42-26-16-12-24(13-17-26)34-30(40)32-36(4)19-21-38(32)6-2;1-5-37-21-19-35(3)31(37)29(39)33-27-15-11-25(12-16-27)23-7-9-24(10-8-23)26-13-17-28(18-14-26)34-30(40)32-36(4)20-22-38(32)6-2/h7-22H,5-6H2,1-4H3;7-22H,5-6H2,1-4H3. The fourth-order valence-corrected chi connectivity index (χ4v) is 9.24. The van der Waals surface area contributed by atoms with E-state index >= 15 is 0 Å². The van der Waals surface area contributed by atoms with Crippen molar-refractivity contribution in [3.8, 4) is 23.0 Å². The van der Waals surface area contributed by atoms with Crippen LogP contribution in [0.3, 0.4) is 0 Å². The highest BCUT2D eigenvalue weighted by atomic mass is 16.5. The van der Waals surface area contributed by atoms with Gasteiger partial charge in [0, 0.05) is 37.9 Å². The molecule has 7 aromatic rings. The van der Waals surface area contributed by atoms with Gasteiger partial charge in [-0.15, -0.1) is 0 Å². The molecule has 0 bridgehead atoms. The first-order valence-corrected chi connectivity index (χ1v) is 26.9. The lowest BCUT2D eigenvalue weighted by Crippen LogP contribution is -2.40. The number of amides is 1. The average molecular weight is 1100 g/mol. The number of rotatable bonds is 14. The summed E-state index contributed by atoms with van der Waals surface area (Å²) in [6.07, 6.45) is 30.2. The number of aliphatic imine (C=N–C) groups is 4. The maximum Gasteiger partial charge on any atom is 0.360 e. The van der Waals surface area contributed by atoms with Gasteiger partial charge >= 0.3 is 11.7 Å². The molecule has 0 radical (unpaired) electrons. The Balaban J connectivity index is 0.000000198. The zero-order chi connectivity index (χ0) is 57.9. The summed E-state index contributed by atoms with van der Waals surface area (Å²) in [4.78, 5) is 33.5. The minimum atomic E-state index is -0.308. The van der Waals surface area contributed by atoms with Crippen LogP contribution in [-0.2, 0) is 40.8 Å². The van der Waals surface area contributed by atoms with Gasteiger partial charge in [0.15, 0.2) is 0 Å². The number of aryl methyl sites for hydroxylation is 6. The fourth-order valence-electron chi connectivity index (χ4n) is 9.24. The summed E-state index contributed by atoms with van der Waals surface area (Å²) in [5.41, 5.74) is 4.40. The summed E-state index contributed by atoms with van der Waals surface area (Å²) < 4.78 is 22.9. The predicted octanol–water partition coefficient (Wildman–Crippen LogP) is 5.27. The Morgan fingerprint density at radius 3 is 1.34 bits per heavy atom. The van der Waals surface area contributed by atoms with E-state index in [1.807, 2.05) is 191 Å². The lowest BCUT2D eigenvalue weighted by atomic mass is 10.0. The van der Waals surface area contributed by atoms with Crippen molar-refractivity contribution >= 4 is 51.6 Å². The van der Waals surface area contributed by atoms with E-state index in [0.717, 1.165) is 21.6 Å². The van der Waals surface area contributed by atoms with E-state index in [1.54, 1.807) is 73.2 Å². The Morgan fingerprint density at radius 1 is 0.500 bits per heavy atom. The minimum Gasteiger partial charge on any atom is -0.856 e. The second-order valence-corrected chi connectivity index (χ2v) is 19.1. The summed E-state index contributed by atoms with van der Waals surface area (Å²) >= 11 is 0. The van der Waals surface area contributed by atoms with Crippen molar-refractivity contribution in [2.24, 2.45) is 41.1 Å². The highest BCUT2D eigenvalue weighted by molar-refractivity contribution is 6.14. The molecule has 0 saturated heterocycles. The number of imidazole rings is 3. The van der Waals surface area contributed by atoms with E-state index in [9.17, 15) is 20.1 Å². The Hall–Kier alpha value is -10.4. The Kier molecular flexibility index (Phi) is 17.6. The first-order chi connectivity index (χ1) is 39.7. The van der Waals surface area contributed by atoms with Crippen LogP contribution < -0.4 is 48.9 Å². The maximum atomic E-state index is 12.7. The summed E-state index contributed by atoms with van der Waals surface area (Å²) in [7, 11) is 7.34. The SMILES string of the molecule is CCN1C=CN(C)C1=C([O-])N=C1C=CC(=c2ccc(=C3C=CC(=NC(=O)c4n(CC)cc[n+]4C)C=C3)cc2)C=C1.CCn1cc[n+](C)c1C([O-])=Nc1ccc(Oc2cccc(Oc3ccc(N=C([O-])c4n(CC)cc[n+]4C)cc3)c2)cc1. The Morgan fingerprint density at radius 2 is 0.915 bits per heavy atom. The van der Waals surface area contributed by atoms with Crippen molar-refractivity contribution in [3.63, 3.8) is 0 Å². The number of hydrogen-bond donors (Lipinski definition) is 0. The van der Waals surface area contributed by atoms with E-state index < -0.39 is 0 Å². The van der Waals surface area contributed by atoms with Crippen LogP contribution in [0.1, 0.15) is 50.0 Å². The van der Waals surface area contributed by atoms with Gasteiger partial charge in [-0.2, -0.15) is 0 Å². The van der Waals surface area contributed by atoms with Gasteiger partial charge in [0.25, 0.3) is 11.6 Å². The number of aromatic nitrogens is 6. The number of carbonyl (C=O) groups excluding carboxylic acids is 1. The molecule has 18 nitrogen and oxygen atoms in total. The number of nitrogens with zero attached hydrogens (tertiary/aromatic N) is 12. The molecule has 0 spiro atoms. The number of allylic oxidation sites excluding steroid dienone is 8. The molecule has 1 aliphatic heterocycles. The van der Waals surface area contributed by atoms with Crippen LogP contribution in [-0.4, -0.2) is 66.2 Å². The first-order valence-electron chi connectivity index (χ1n) is 26.9. The maximum absolute atomic E-state index is 12.7. The quantitative estimate of drug-likeness (QED) is 0.0610. The summed E-state index contributed by atoms with van der Waals surface area (Å²) in [5, 5.41) is 40.3. The van der Waals surface area contributed by atoms with Crippen molar-refractivity contribution in [1.82, 2.24) is 23.5 Å². The van der Waals surface area contributed by atoms with Gasteiger partial charge < -0.3 is 34.6 Å². The van der Waals surface area contributed by atoms with Crippen LogP contribution in [0.25, 0.3) is 11.1 Å². The van der Waals surface area contributed by atoms with Crippen molar-refractivity contribution in [3.05, 3.63) is 235 Å². The zero-order valence-corrected chi connectivity index (χ0v) is 47.1. The largest absolute Gasteiger partial charge is 0.856 e. The van der Waals surface area contributed by atoms with Crippen LogP contribution in [0.15, 0.2) is 227 Å². The lowest BCUT2D eigenvalue weighted by molar-refractivity contribution is -0.674. The molecule has 0 saturated carbocycles. The minimum absolute atomic E-state index is 0.265. The second kappa shape index (κ2) is 25.6. The van der Waals surface area contributed by atoms with E-state index in [4.69, 9.17) is 9.47 Å². The van der Waals surface area contributed by atoms with Crippen molar-refractivity contribution < 1.29 is 43.3 Å². The van der Waals surface area contributed by atoms with Gasteiger partial charge in [0.05, 0.1) is 75.4 Å². The summed E-state index contributed by atoms with van der Waals surface area (Å²) in [5.74, 6) is 3.36. The molecule has 10 rings (SSSR count). The molecule has 1 amide bonds. The van der Waals surface area contributed by atoms with Crippen molar-refractivity contribution in [1.29, 1.82) is 0 Å². The van der Waals surface area contributed by atoms with Crippen LogP contribution in [0.5, 0.6) is 23.0 Å². The van der Waals surface area contributed by atoms with Crippen LogP contribution >= 0.6 is 0 Å². The summed E-state index contributed by atoms with van der Waals surface area (Å²) in [6.45, 7) is 10.7.